The first-order valence-electron chi connectivity index (χ1n) is 24.7. The van der Waals surface area contributed by atoms with Crippen molar-refractivity contribution in [1.82, 2.24) is 4.57 Å². The van der Waals surface area contributed by atoms with E-state index in [0.717, 1.165) is 24.3 Å². The van der Waals surface area contributed by atoms with Crippen LogP contribution in [0.25, 0.3) is 105 Å². The summed E-state index contributed by atoms with van der Waals surface area (Å²) in [5.41, 5.74) is -1.36. The molecule has 11 aromatic rings. The lowest BCUT2D eigenvalue weighted by Crippen LogP contribution is -2.08. The second-order valence-corrected chi connectivity index (χ2v) is 19.1. The van der Waals surface area contributed by atoms with Crippen molar-refractivity contribution in [2.75, 3.05) is 0 Å². The fourth-order valence-electron chi connectivity index (χ4n) is 10.6. The van der Waals surface area contributed by atoms with E-state index >= 15 is 0 Å². The molecule has 0 saturated carbocycles. The van der Waals surface area contributed by atoms with E-state index in [1.165, 1.54) is 115 Å². The van der Waals surface area contributed by atoms with Gasteiger partial charge in [-0.3, -0.25) is 0 Å². The fraction of sp³-hybridized carbons (Fsp3) is 0.0606. The number of aromatic nitrogens is 1. The summed E-state index contributed by atoms with van der Waals surface area (Å²) in [6, 6.07) is 53.2. The van der Waals surface area contributed by atoms with E-state index in [1.807, 2.05) is 4.57 Å². The maximum absolute atomic E-state index is 14.7. The molecule has 15 heteroatoms. The lowest BCUT2D eigenvalue weighted by atomic mass is 9.89. The predicted molar refractivity (Wildman–Crippen MR) is 288 cm³/mol. The molecule has 0 aliphatic rings. The van der Waals surface area contributed by atoms with E-state index in [0.29, 0.717) is 49.7 Å². The smallest absolute Gasteiger partial charge is 0.309 e. The standard InChI is InChI=1S/C66H35F12N3/c67-63(68,69)56-16-6-1-11-49(56)45-28-42(29-46(32-45)50-12-2-7-17-57(50)64(70,71)72)40-21-23-61-54(34-40)55-35-41(22-24-62(55)81(61)60-20-10-5-15-53(60)44-26-38(36-79)25-39(27-44)37-80)43-30-47(51-13-3-8-18-58(51)65(73,74)75)33-48(31-43)52-14-4-9-19-59(52)66(76,77)78/h1-35H. The molecule has 0 unspecified atom stereocenters. The van der Waals surface area contributed by atoms with Crippen LogP contribution in [0.5, 0.6) is 0 Å². The van der Waals surface area contributed by atoms with Crippen LogP contribution in [-0.2, 0) is 24.7 Å². The molecule has 398 valence electrons. The number of hydrogen-bond acceptors (Lipinski definition) is 2. The van der Waals surface area contributed by atoms with Crippen molar-refractivity contribution in [1.29, 1.82) is 10.5 Å². The van der Waals surface area contributed by atoms with Crippen molar-refractivity contribution in [3.8, 4) is 95.7 Å². The maximum Gasteiger partial charge on any atom is 0.417 e. The molecule has 1 aromatic heterocycles. The molecule has 0 atom stereocenters. The van der Waals surface area contributed by atoms with Gasteiger partial charge in [-0.2, -0.15) is 63.2 Å². The molecule has 0 aliphatic carbocycles. The predicted octanol–water partition coefficient (Wildman–Crippen LogP) is 20.3. The summed E-state index contributed by atoms with van der Waals surface area (Å²) < 4.78 is 178. The van der Waals surface area contributed by atoms with Crippen molar-refractivity contribution in [3.63, 3.8) is 0 Å². The molecule has 0 bridgehead atoms. The Balaban J connectivity index is 1.21. The third-order valence-electron chi connectivity index (χ3n) is 14.1. The molecular weight excluding hydrogens is 1060 g/mol. The fourth-order valence-corrected chi connectivity index (χ4v) is 10.6. The summed E-state index contributed by atoms with van der Waals surface area (Å²) in [5, 5.41) is 20.8. The van der Waals surface area contributed by atoms with Crippen LogP contribution in [0.15, 0.2) is 212 Å². The first-order chi connectivity index (χ1) is 38.6. The molecule has 0 aliphatic heterocycles. The van der Waals surface area contributed by atoms with Gasteiger partial charge in [0.25, 0.3) is 0 Å². The number of benzene rings is 10. The van der Waals surface area contributed by atoms with E-state index in [1.54, 1.807) is 72.8 Å². The van der Waals surface area contributed by atoms with Crippen LogP contribution in [0.4, 0.5) is 52.7 Å². The van der Waals surface area contributed by atoms with Crippen LogP contribution in [0.2, 0.25) is 0 Å². The number of nitriles is 2. The number of hydrogen-bond donors (Lipinski definition) is 0. The Morgan fingerprint density at radius 2 is 0.556 bits per heavy atom. The van der Waals surface area contributed by atoms with Gasteiger partial charge in [0.15, 0.2) is 0 Å². The lowest BCUT2D eigenvalue weighted by Gasteiger charge is -2.18. The summed E-state index contributed by atoms with van der Waals surface area (Å²) in [4.78, 5) is 0. The van der Waals surface area contributed by atoms with Crippen molar-refractivity contribution in [2.24, 2.45) is 0 Å². The average molecular weight is 1100 g/mol. The summed E-state index contributed by atoms with van der Waals surface area (Å²) in [6.45, 7) is 0. The van der Waals surface area contributed by atoms with Gasteiger partial charge in [0, 0.05) is 16.3 Å². The minimum Gasteiger partial charge on any atom is -0.309 e. The largest absolute Gasteiger partial charge is 0.417 e. The average Bonchev–Trinajstić information content (AvgIpc) is 4.03. The Kier molecular flexibility index (Phi) is 13.2. The van der Waals surface area contributed by atoms with Gasteiger partial charge in [-0.1, -0.05) is 103 Å². The van der Waals surface area contributed by atoms with E-state index in [-0.39, 0.29) is 66.8 Å². The second kappa shape index (κ2) is 20.1. The van der Waals surface area contributed by atoms with E-state index in [2.05, 4.69) is 12.1 Å². The molecule has 0 amide bonds. The highest BCUT2D eigenvalue weighted by Crippen LogP contribution is 2.47. The topological polar surface area (TPSA) is 52.5 Å². The van der Waals surface area contributed by atoms with E-state index < -0.39 is 47.0 Å². The van der Waals surface area contributed by atoms with Crippen LogP contribution in [0.3, 0.4) is 0 Å². The van der Waals surface area contributed by atoms with Crippen LogP contribution >= 0.6 is 0 Å². The Bertz CT molecular complexity index is 3990. The third kappa shape index (κ3) is 10.1. The molecule has 11 rings (SSSR count). The van der Waals surface area contributed by atoms with Gasteiger partial charge in [-0.05, 0) is 182 Å². The zero-order valence-corrected chi connectivity index (χ0v) is 41.6. The number of rotatable bonds is 8. The van der Waals surface area contributed by atoms with E-state index in [4.69, 9.17) is 0 Å². The van der Waals surface area contributed by atoms with Crippen LogP contribution in [0, 0.1) is 22.7 Å². The molecule has 0 N–H and O–H groups in total. The molecule has 0 radical (unpaired) electrons. The third-order valence-corrected chi connectivity index (χ3v) is 14.1. The molecule has 1 heterocycles. The highest BCUT2D eigenvalue weighted by Gasteiger charge is 2.37. The molecule has 0 spiro atoms. The molecule has 0 saturated heterocycles. The zero-order chi connectivity index (χ0) is 57.2. The van der Waals surface area contributed by atoms with Crippen molar-refractivity contribution in [3.05, 3.63) is 246 Å². The van der Waals surface area contributed by atoms with Crippen LogP contribution in [0.1, 0.15) is 33.4 Å². The maximum atomic E-state index is 14.7. The highest BCUT2D eigenvalue weighted by molar-refractivity contribution is 6.12. The first kappa shape index (κ1) is 53.2. The van der Waals surface area contributed by atoms with Crippen molar-refractivity contribution >= 4 is 21.8 Å². The van der Waals surface area contributed by atoms with Crippen LogP contribution < -0.4 is 0 Å². The van der Waals surface area contributed by atoms with E-state index in [9.17, 15) is 63.2 Å². The molecule has 3 nitrogen and oxygen atoms in total. The Hall–Kier alpha value is -9.86. The van der Waals surface area contributed by atoms with Gasteiger partial charge < -0.3 is 4.57 Å². The van der Waals surface area contributed by atoms with Crippen LogP contribution in [-0.4, -0.2) is 4.57 Å². The van der Waals surface area contributed by atoms with Gasteiger partial charge in [0.2, 0.25) is 0 Å². The second-order valence-electron chi connectivity index (χ2n) is 19.1. The Morgan fingerprint density at radius 1 is 0.272 bits per heavy atom. The SMILES string of the molecule is N#Cc1cc(C#N)cc(-c2ccccc2-n2c3ccc(-c4cc(-c5ccccc5C(F)(F)F)cc(-c5ccccc5C(F)(F)F)c4)cc3c3cc(-c4cc(-c5ccccc5C(F)(F)F)cc(-c5ccccc5C(F)(F)F)c4)ccc32)c1. The quantitative estimate of drug-likeness (QED) is 0.142. The summed E-state index contributed by atoms with van der Waals surface area (Å²) in [6.07, 6.45) is -19.4. The minimum absolute atomic E-state index is 0.0441. The molecular formula is C66H35F12N3. The van der Waals surface area contributed by atoms with Crippen molar-refractivity contribution < 1.29 is 52.7 Å². The van der Waals surface area contributed by atoms with Gasteiger partial charge in [-0.15, -0.1) is 0 Å². The number of fused-ring (bicyclic) bond motifs is 3. The first-order valence-corrected chi connectivity index (χ1v) is 24.7. The Morgan fingerprint density at radius 3 is 0.877 bits per heavy atom. The minimum atomic E-state index is -4.86. The van der Waals surface area contributed by atoms with Gasteiger partial charge in [0.05, 0.1) is 62.2 Å². The normalized spacial score (nSPS) is 12.2. The molecule has 0 fully saturated rings. The summed E-state index contributed by atoms with van der Waals surface area (Å²) >= 11 is 0. The lowest BCUT2D eigenvalue weighted by molar-refractivity contribution is -0.137. The number of nitrogens with zero attached hydrogens (tertiary/aromatic N) is 3. The monoisotopic (exact) mass is 1100 g/mol. The number of para-hydroxylation sites is 1. The molecule has 81 heavy (non-hydrogen) atoms. The number of halogens is 12. The zero-order valence-electron chi connectivity index (χ0n) is 41.6. The summed E-state index contributed by atoms with van der Waals surface area (Å²) in [5.74, 6) is 0. The number of alkyl halides is 12. The van der Waals surface area contributed by atoms with Gasteiger partial charge in [-0.25, -0.2) is 0 Å². The Labute approximate surface area is 454 Å². The highest BCUT2D eigenvalue weighted by atomic mass is 19.4. The summed E-state index contributed by atoms with van der Waals surface area (Å²) in [7, 11) is 0. The van der Waals surface area contributed by atoms with Gasteiger partial charge in [0.1, 0.15) is 0 Å². The molecule has 10 aromatic carbocycles. The van der Waals surface area contributed by atoms with Gasteiger partial charge >= 0.3 is 24.7 Å². The van der Waals surface area contributed by atoms with Crippen molar-refractivity contribution in [2.45, 2.75) is 24.7 Å².